The van der Waals surface area contributed by atoms with Crippen LogP contribution in [0.25, 0.3) is 0 Å². The van der Waals surface area contributed by atoms with Crippen LogP contribution in [0.3, 0.4) is 0 Å². The van der Waals surface area contributed by atoms with Crippen LogP contribution in [0.4, 0.5) is 0 Å². The van der Waals surface area contributed by atoms with Crippen LogP contribution < -0.4 is 5.32 Å². The Morgan fingerprint density at radius 1 is 1.03 bits per heavy atom. The molecule has 3 aliphatic heterocycles. The molecule has 36 heavy (non-hydrogen) atoms. The summed E-state index contributed by atoms with van der Waals surface area (Å²) in [7, 11) is 0. The SMILES string of the molecule is CCCCN1C(=O)[C@H](CC(C)C)NC(=O)C12CCN(Cc1ccc(C(=O)N3CCCCC3)cc1)CC2. The number of nitrogens with one attached hydrogen (secondary N) is 1. The first-order chi connectivity index (χ1) is 17.3. The number of piperidine rings is 2. The van der Waals surface area contributed by atoms with Gasteiger partial charge < -0.3 is 15.1 Å². The fraction of sp³-hybridized carbons (Fsp3) is 0.690. The number of nitrogens with zero attached hydrogens (tertiary/aromatic N) is 3. The molecule has 3 amide bonds. The van der Waals surface area contributed by atoms with Gasteiger partial charge in [-0.25, -0.2) is 0 Å². The summed E-state index contributed by atoms with van der Waals surface area (Å²) in [5, 5.41) is 3.09. The quantitative estimate of drug-likeness (QED) is 0.594. The molecule has 1 spiro atoms. The molecule has 3 fully saturated rings. The third-order valence-corrected chi connectivity index (χ3v) is 8.18. The number of benzene rings is 1. The molecule has 0 aliphatic carbocycles. The van der Waals surface area contributed by atoms with E-state index in [4.69, 9.17) is 0 Å². The van der Waals surface area contributed by atoms with E-state index in [0.29, 0.717) is 31.7 Å². The van der Waals surface area contributed by atoms with Crippen molar-refractivity contribution in [2.75, 3.05) is 32.7 Å². The second kappa shape index (κ2) is 11.8. The van der Waals surface area contributed by atoms with E-state index in [-0.39, 0.29) is 17.7 Å². The van der Waals surface area contributed by atoms with Gasteiger partial charge in [0.1, 0.15) is 11.6 Å². The molecule has 1 aromatic rings. The average molecular weight is 497 g/mol. The Hall–Kier alpha value is -2.41. The van der Waals surface area contributed by atoms with Crippen LogP contribution in [0.5, 0.6) is 0 Å². The number of rotatable bonds is 8. The first-order valence-electron chi connectivity index (χ1n) is 14.1. The molecule has 7 heteroatoms. The van der Waals surface area contributed by atoms with E-state index in [9.17, 15) is 14.4 Å². The Labute approximate surface area is 216 Å². The molecule has 0 radical (unpaired) electrons. The summed E-state index contributed by atoms with van der Waals surface area (Å²) < 4.78 is 0. The number of hydrogen-bond acceptors (Lipinski definition) is 4. The number of likely N-dealkylation sites (tertiary alicyclic amines) is 2. The van der Waals surface area contributed by atoms with Gasteiger partial charge in [0.2, 0.25) is 11.8 Å². The zero-order valence-electron chi connectivity index (χ0n) is 22.4. The van der Waals surface area contributed by atoms with E-state index in [1.54, 1.807) is 0 Å². The summed E-state index contributed by atoms with van der Waals surface area (Å²) in [6.45, 7) is 11.0. The fourth-order valence-electron chi connectivity index (χ4n) is 6.02. The molecule has 3 saturated heterocycles. The van der Waals surface area contributed by atoms with Gasteiger partial charge in [-0.3, -0.25) is 19.3 Å². The van der Waals surface area contributed by atoms with Crippen LogP contribution in [0, 0.1) is 5.92 Å². The van der Waals surface area contributed by atoms with Gasteiger partial charge in [-0.05, 0) is 68.6 Å². The first kappa shape index (κ1) is 26.6. The lowest BCUT2D eigenvalue weighted by Crippen LogP contribution is -2.73. The Morgan fingerprint density at radius 2 is 1.69 bits per heavy atom. The van der Waals surface area contributed by atoms with Gasteiger partial charge in [-0.15, -0.1) is 0 Å². The van der Waals surface area contributed by atoms with Crippen LogP contribution in [0.1, 0.15) is 88.1 Å². The topological polar surface area (TPSA) is 73.0 Å². The van der Waals surface area contributed by atoms with Crippen molar-refractivity contribution in [3.63, 3.8) is 0 Å². The maximum atomic E-state index is 13.4. The number of carbonyl (C=O) groups excluding carboxylic acids is 3. The summed E-state index contributed by atoms with van der Waals surface area (Å²) in [5.41, 5.74) is 1.21. The Bertz CT molecular complexity index is 915. The lowest BCUT2D eigenvalue weighted by atomic mass is 9.80. The van der Waals surface area contributed by atoms with Crippen molar-refractivity contribution in [3.8, 4) is 0 Å². The van der Waals surface area contributed by atoms with Crippen molar-refractivity contribution in [3.05, 3.63) is 35.4 Å². The van der Waals surface area contributed by atoms with E-state index in [2.05, 4.69) is 43.1 Å². The highest BCUT2D eigenvalue weighted by molar-refractivity contribution is 6.00. The molecule has 0 aromatic heterocycles. The lowest BCUT2D eigenvalue weighted by molar-refractivity contribution is -0.161. The van der Waals surface area contributed by atoms with Crippen LogP contribution in [0.15, 0.2) is 24.3 Å². The smallest absolute Gasteiger partial charge is 0.253 e. The standard InChI is InChI=1S/C29H44N4O3/c1-4-5-17-33-27(35)25(20-22(2)3)30-28(36)29(33)13-18-31(19-14-29)21-23-9-11-24(12-10-23)26(34)32-15-7-6-8-16-32/h9-12,22,25H,4-8,13-21H2,1-3H3,(H,30,36)/t25-/m0/s1. The third kappa shape index (κ3) is 5.77. The highest BCUT2D eigenvalue weighted by atomic mass is 16.2. The van der Waals surface area contributed by atoms with Gasteiger partial charge in [-0.1, -0.05) is 39.3 Å². The second-order valence-electron chi connectivity index (χ2n) is 11.4. The first-order valence-corrected chi connectivity index (χ1v) is 14.1. The minimum Gasteiger partial charge on any atom is -0.342 e. The van der Waals surface area contributed by atoms with Gasteiger partial charge in [0.15, 0.2) is 0 Å². The molecule has 1 atom stereocenters. The minimum absolute atomic E-state index is 0.0316. The summed E-state index contributed by atoms with van der Waals surface area (Å²) in [6.07, 6.45) is 7.33. The number of amides is 3. The van der Waals surface area contributed by atoms with Gasteiger partial charge in [0, 0.05) is 44.8 Å². The van der Waals surface area contributed by atoms with Crippen molar-refractivity contribution < 1.29 is 14.4 Å². The molecule has 198 valence electrons. The highest BCUT2D eigenvalue weighted by Gasteiger charge is 2.53. The predicted octanol–water partition coefficient (Wildman–Crippen LogP) is 3.82. The third-order valence-electron chi connectivity index (χ3n) is 8.18. The molecular formula is C29H44N4O3. The minimum atomic E-state index is -0.721. The Kier molecular flexibility index (Phi) is 8.70. The molecule has 7 nitrogen and oxygen atoms in total. The van der Waals surface area contributed by atoms with Crippen molar-refractivity contribution in [2.24, 2.45) is 5.92 Å². The van der Waals surface area contributed by atoms with Crippen LogP contribution in [-0.4, -0.2) is 76.7 Å². The largest absolute Gasteiger partial charge is 0.342 e. The monoisotopic (exact) mass is 496 g/mol. The number of piperazine rings is 1. The van der Waals surface area contributed by atoms with Crippen LogP contribution in [0.2, 0.25) is 0 Å². The molecule has 3 heterocycles. The van der Waals surface area contributed by atoms with E-state index in [1.165, 1.54) is 12.0 Å². The summed E-state index contributed by atoms with van der Waals surface area (Å²) in [5.74, 6) is 0.616. The normalized spacial score (nSPS) is 22.8. The molecule has 4 rings (SSSR count). The Balaban J connectivity index is 1.38. The lowest BCUT2D eigenvalue weighted by Gasteiger charge is -2.52. The van der Waals surface area contributed by atoms with Gasteiger partial charge in [0.25, 0.3) is 5.91 Å². The van der Waals surface area contributed by atoms with Crippen LogP contribution >= 0.6 is 0 Å². The summed E-state index contributed by atoms with van der Waals surface area (Å²) in [4.78, 5) is 45.9. The highest BCUT2D eigenvalue weighted by Crippen LogP contribution is 2.34. The average Bonchev–Trinajstić information content (AvgIpc) is 2.89. The van der Waals surface area contributed by atoms with Crippen molar-refractivity contribution >= 4 is 17.7 Å². The predicted molar refractivity (Wildman–Crippen MR) is 141 cm³/mol. The number of carbonyl (C=O) groups is 3. The van der Waals surface area contributed by atoms with E-state index >= 15 is 0 Å². The molecule has 3 aliphatic rings. The second-order valence-corrected chi connectivity index (χ2v) is 11.4. The van der Waals surface area contributed by atoms with E-state index in [0.717, 1.165) is 64.0 Å². The maximum absolute atomic E-state index is 13.4. The molecule has 0 unspecified atom stereocenters. The van der Waals surface area contributed by atoms with E-state index in [1.807, 2.05) is 21.9 Å². The van der Waals surface area contributed by atoms with Crippen molar-refractivity contribution in [2.45, 2.75) is 90.3 Å². The molecule has 0 saturated carbocycles. The van der Waals surface area contributed by atoms with Crippen molar-refractivity contribution in [1.29, 1.82) is 0 Å². The summed E-state index contributed by atoms with van der Waals surface area (Å²) in [6, 6.07) is 7.62. The Morgan fingerprint density at radius 3 is 2.31 bits per heavy atom. The molecule has 0 bridgehead atoms. The van der Waals surface area contributed by atoms with Crippen molar-refractivity contribution in [1.82, 2.24) is 20.0 Å². The number of unbranched alkanes of at least 4 members (excludes halogenated alkanes) is 1. The molecule has 1 aromatic carbocycles. The molecular weight excluding hydrogens is 452 g/mol. The fourth-order valence-corrected chi connectivity index (χ4v) is 6.02. The maximum Gasteiger partial charge on any atom is 0.253 e. The number of hydrogen-bond donors (Lipinski definition) is 1. The van der Waals surface area contributed by atoms with Crippen LogP contribution in [-0.2, 0) is 16.1 Å². The van der Waals surface area contributed by atoms with E-state index < -0.39 is 11.6 Å². The van der Waals surface area contributed by atoms with Gasteiger partial charge >= 0.3 is 0 Å². The molecule has 1 N–H and O–H groups in total. The summed E-state index contributed by atoms with van der Waals surface area (Å²) >= 11 is 0. The van der Waals surface area contributed by atoms with Gasteiger partial charge in [-0.2, -0.15) is 0 Å². The zero-order valence-corrected chi connectivity index (χ0v) is 22.4. The zero-order chi connectivity index (χ0) is 25.7. The van der Waals surface area contributed by atoms with Gasteiger partial charge in [0.05, 0.1) is 0 Å².